The van der Waals surface area contributed by atoms with Gasteiger partial charge in [-0.15, -0.1) is 37.2 Å². The van der Waals surface area contributed by atoms with Gasteiger partial charge in [-0.05, 0) is 45.2 Å². The van der Waals surface area contributed by atoms with Gasteiger partial charge in [-0.3, -0.25) is 4.79 Å². The van der Waals surface area contributed by atoms with Crippen molar-refractivity contribution in [3.8, 4) is 0 Å². The van der Waals surface area contributed by atoms with Crippen molar-refractivity contribution in [2.75, 3.05) is 45.8 Å². The lowest BCUT2D eigenvalue weighted by Crippen LogP contribution is -2.46. The Labute approximate surface area is 172 Å². The molecule has 2 fully saturated rings. The van der Waals surface area contributed by atoms with Crippen LogP contribution in [0.25, 0.3) is 0 Å². The number of rotatable bonds is 7. The lowest BCUT2D eigenvalue weighted by atomic mass is 9.85. The standard InChI is InChI=1S/C17H34N4O.3ClH/c1-2-20-10-12-21(13-11-20)9-4-3-8-19-17(22)15-6-5-7-16(18)14-15;;;/h15-16H,2-14,18H2,1H3,(H,19,22);3*1H. The second-order valence-electron chi connectivity index (χ2n) is 6.90. The molecule has 152 valence electrons. The first-order valence-electron chi connectivity index (χ1n) is 9.17. The number of hydrogen-bond acceptors (Lipinski definition) is 4. The normalized spacial score (nSPS) is 24.4. The number of carbonyl (C=O) groups is 1. The van der Waals surface area contributed by atoms with Gasteiger partial charge in [0.15, 0.2) is 0 Å². The Kier molecular flexibility index (Phi) is 16.8. The van der Waals surface area contributed by atoms with Crippen molar-refractivity contribution in [1.82, 2.24) is 15.1 Å². The summed E-state index contributed by atoms with van der Waals surface area (Å²) in [5.41, 5.74) is 5.95. The molecular formula is C17H37Cl3N4O. The number of halogens is 3. The zero-order valence-corrected chi connectivity index (χ0v) is 17.9. The van der Waals surface area contributed by atoms with Crippen LogP contribution >= 0.6 is 37.2 Å². The number of carbonyl (C=O) groups excluding carboxylic acids is 1. The number of nitrogens with one attached hydrogen (secondary N) is 1. The maximum absolute atomic E-state index is 12.1. The van der Waals surface area contributed by atoms with Crippen molar-refractivity contribution in [3.05, 3.63) is 0 Å². The summed E-state index contributed by atoms with van der Waals surface area (Å²) in [5, 5.41) is 3.11. The monoisotopic (exact) mass is 418 g/mol. The molecule has 1 amide bonds. The van der Waals surface area contributed by atoms with Crippen molar-refractivity contribution >= 4 is 43.1 Å². The molecule has 3 N–H and O–H groups in total. The number of nitrogens with zero attached hydrogens (tertiary/aromatic N) is 2. The largest absolute Gasteiger partial charge is 0.356 e. The molecule has 0 aromatic heterocycles. The van der Waals surface area contributed by atoms with Gasteiger partial charge in [0, 0.05) is 44.7 Å². The van der Waals surface area contributed by atoms with Crippen LogP contribution in [-0.4, -0.2) is 67.6 Å². The van der Waals surface area contributed by atoms with E-state index in [1.807, 2.05) is 0 Å². The van der Waals surface area contributed by atoms with Gasteiger partial charge in [0.05, 0.1) is 0 Å². The molecular weight excluding hydrogens is 383 g/mol. The molecule has 1 aliphatic heterocycles. The van der Waals surface area contributed by atoms with E-state index in [-0.39, 0.29) is 55.1 Å². The fourth-order valence-corrected chi connectivity index (χ4v) is 3.61. The summed E-state index contributed by atoms with van der Waals surface area (Å²) >= 11 is 0. The van der Waals surface area contributed by atoms with Crippen LogP contribution in [0.1, 0.15) is 45.4 Å². The Balaban J connectivity index is 0. The van der Waals surface area contributed by atoms with E-state index in [0.29, 0.717) is 0 Å². The maximum Gasteiger partial charge on any atom is 0.223 e. The SMILES string of the molecule is CCN1CCN(CCCCNC(=O)C2CCCC(N)C2)CC1.Cl.Cl.Cl. The number of unbranched alkanes of at least 4 members (excludes halogenated alkanes) is 1. The molecule has 2 unspecified atom stereocenters. The Morgan fingerprint density at radius 2 is 1.68 bits per heavy atom. The molecule has 1 saturated heterocycles. The van der Waals surface area contributed by atoms with Crippen LogP contribution in [-0.2, 0) is 4.79 Å². The zero-order valence-electron chi connectivity index (χ0n) is 15.5. The van der Waals surface area contributed by atoms with Crippen LogP contribution in [0.5, 0.6) is 0 Å². The molecule has 8 heteroatoms. The molecule has 25 heavy (non-hydrogen) atoms. The number of amides is 1. The summed E-state index contributed by atoms with van der Waals surface area (Å²) in [6.07, 6.45) is 6.32. The summed E-state index contributed by atoms with van der Waals surface area (Å²) < 4.78 is 0. The van der Waals surface area contributed by atoms with Crippen LogP contribution in [0.2, 0.25) is 0 Å². The van der Waals surface area contributed by atoms with Gasteiger partial charge >= 0.3 is 0 Å². The molecule has 0 spiro atoms. The molecule has 2 aliphatic rings. The molecule has 5 nitrogen and oxygen atoms in total. The molecule has 1 heterocycles. The molecule has 0 aromatic rings. The van der Waals surface area contributed by atoms with E-state index in [9.17, 15) is 4.79 Å². The van der Waals surface area contributed by atoms with Crippen LogP contribution in [0.3, 0.4) is 0 Å². The summed E-state index contributed by atoms with van der Waals surface area (Å²) in [6.45, 7) is 10.2. The summed E-state index contributed by atoms with van der Waals surface area (Å²) in [7, 11) is 0. The zero-order chi connectivity index (χ0) is 15.8. The quantitative estimate of drug-likeness (QED) is 0.622. The Hall–Kier alpha value is 0.220. The first-order chi connectivity index (χ1) is 10.7. The highest BCUT2D eigenvalue weighted by Gasteiger charge is 2.24. The Morgan fingerprint density at radius 3 is 2.28 bits per heavy atom. The van der Waals surface area contributed by atoms with E-state index in [1.54, 1.807) is 0 Å². The Bertz CT molecular complexity index is 342. The van der Waals surface area contributed by atoms with E-state index in [1.165, 1.54) is 45.7 Å². The van der Waals surface area contributed by atoms with E-state index >= 15 is 0 Å². The van der Waals surface area contributed by atoms with Gasteiger partial charge in [-0.2, -0.15) is 0 Å². The predicted octanol–water partition coefficient (Wildman–Crippen LogP) is 2.30. The number of piperazine rings is 1. The molecule has 0 bridgehead atoms. The van der Waals surface area contributed by atoms with Crippen molar-refractivity contribution < 1.29 is 4.79 Å². The number of nitrogens with two attached hydrogens (primary N) is 1. The van der Waals surface area contributed by atoms with E-state index in [0.717, 1.165) is 38.6 Å². The van der Waals surface area contributed by atoms with Gasteiger partial charge < -0.3 is 20.9 Å². The predicted molar refractivity (Wildman–Crippen MR) is 112 cm³/mol. The van der Waals surface area contributed by atoms with E-state index in [2.05, 4.69) is 22.0 Å². The van der Waals surface area contributed by atoms with Gasteiger partial charge in [-0.25, -0.2) is 0 Å². The molecule has 0 aromatic carbocycles. The second-order valence-corrected chi connectivity index (χ2v) is 6.90. The summed E-state index contributed by atoms with van der Waals surface area (Å²) in [4.78, 5) is 17.2. The highest BCUT2D eigenvalue weighted by molar-refractivity contribution is 5.86. The third kappa shape index (κ3) is 10.2. The maximum atomic E-state index is 12.1. The first kappa shape index (κ1) is 27.4. The smallest absolute Gasteiger partial charge is 0.223 e. The fraction of sp³-hybridized carbons (Fsp3) is 0.941. The third-order valence-electron chi connectivity index (χ3n) is 5.20. The Morgan fingerprint density at radius 1 is 1.04 bits per heavy atom. The van der Waals surface area contributed by atoms with Crippen molar-refractivity contribution in [2.24, 2.45) is 11.7 Å². The number of likely N-dealkylation sites (N-methyl/N-ethyl adjacent to an activating group) is 1. The van der Waals surface area contributed by atoms with Gasteiger partial charge in [-0.1, -0.05) is 13.3 Å². The lowest BCUT2D eigenvalue weighted by Gasteiger charge is -2.34. The molecule has 1 aliphatic carbocycles. The lowest BCUT2D eigenvalue weighted by molar-refractivity contribution is -0.126. The van der Waals surface area contributed by atoms with Crippen LogP contribution < -0.4 is 11.1 Å². The van der Waals surface area contributed by atoms with E-state index < -0.39 is 0 Å². The van der Waals surface area contributed by atoms with Crippen molar-refractivity contribution in [1.29, 1.82) is 0 Å². The highest BCUT2D eigenvalue weighted by atomic mass is 35.5. The van der Waals surface area contributed by atoms with E-state index in [4.69, 9.17) is 5.73 Å². The topological polar surface area (TPSA) is 61.6 Å². The highest BCUT2D eigenvalue weighted by Crippen LogP contribution is 2.23. The molecule has 2 atom stereocenters. The first-order valence-corrected chi connectivity index (χ1v) is 9.17. The summed E-state index contributed by atoms with van der Waals surface area (Å²) in [6, 6.07) is 0.228. The van der Waals surface area contributed by atoms with Crippen LogP contribution in [0.15, 0.2) is 0 Å². The molecule has 2 rings (SSSR count). The van der Waals surface area contributed by atoms with Crippen LogP contribution in [0.4, 0.5) is 0 Å². The fourth-order valence-electron chi connectivity index (χ4n) is 3.61. The van der Waals surface area contributed by atoms with Crippen molar-refractivity contribution in [3.63, 3.8) is 0 Å². The summed E-state index contributed by atoms with van der Waals surface area (Å²) in [5.74, 6) is 0.387. The molecule has 0 radical (unpaired) electrons. The minimum absolute atomic E-state index is 0. The average molecular weight is 420 g/mol. The minimum Gasteiger partial charge on any atom is -0.356 e. The minimum atomic E-state index is 0. The molecule has 1 saturated carbocycles. The second kappa shape index (κ2) is 15.3. The third-order valence-corrected chi connectivity index (χ3v) is 5.20. The van der Waals surface area contributed by atoms with Gasteiger partial charge in [0.2, 0.25) is 5.91 Å². The average Bonchev–Trinajstić information content (AvgIpc) is 2.55. The number of hydrogen-bond donors (Lipinski definition) is 2. The van der Waals surface area contributed by atoms with Crippen LogP contribution in [0, 0.1) is 5.92 Å². The van der Waals surface area contributed by atoms with Gasteiger partial charge in [0.1, 0.15) is 0 Å². The van der Waals surface area contributed by atoms with Gasteiger partial charge in [0.25, 0.3) is 0 Å². The van der Waals surface area contributed by atoms with Crippen molar-refractivity contribution in [2.45, 2.75) is 51.5 Å².